The van der Waals surface area contributed by atoms with Gasteiger partial charge in [0.2, 0.25) is 0 Å². The van der Waals surface area contributed by atoms with Gasteiger partial charge in [-0.15, -0.1) is 11.3 Å². The lowest BCUT2D eigenvalue weighted by Crippen LogP contribution is -2.47. The molecule has 0 spiro atoms. The normalized spacial score (nSPS) is 17.9. The van der Waals surface area contributed by atoms with E-state index in [1.807, 2.05) is 69.5 Å². The Morgan fingerprint density at radius 1 is 1.10 bits per heavy atom. The summed E-state index contributed by atoms with van der Waals surface area (Å²) in [4.78, 5) is 37.7. The standard InChI is InChI=1S/C31H36N4O4S/c1-5-33-14-15-34(30(36)26-20-40-29(32-26)22-10-7-6-8-11-22)13-9-12-24-16-21(2)28-23(19-35(24)31(33)37)17-25(38-3)18-27(28)39-4/h6-8,10-11,16-18,20-21H,5,9,12-15,19H2,1-4H3/t21-/m0/s1. The number of methoxy groups -OCH3 is 2. The summed E-state index contributed by atoms with van der Waals surface area (Å²) in [5.41, 5.74) is 4.52. The number of ether oxygens (including phenoxy) is 2. The lowest BCUT2D eigenvalue weighted by molar-refractivity contribution is 0.0721. The Hall–Kier alpha value is -3.85. The van der Waals surface area contributed by atoms with Crippen molar-refractivity contribution < 1.29 is 19.1 Å². The number of rotatable bonds is 5. The molecular weight excluding hydrogens is 524 g/mol. The molecule has 2 aliphatic heterocycles. The zero-order valence-corrected chi connectivity index (χ0v) is 24.4. The summed E-state index contributed by atoms with van der Waals surface area (Å²) in [5.74, 6) is 1.43. The monoisotopic (exact) mass is 560 g/mol. The number of fused-ring (bicyclic) bond motifs is 2. The van der Waals surface area contributed by atoms with Crippen molar-refractivity contribution >= 4 is 23.3 Å². The molecule has 0 N–H and O–H groups in total. The van der Waals surface area contributed by atoms with Crippen molar-refractivity contribution in [1.29, 1.82) is 0 Å². The SMILES string of the molecule is CCN1CCN(C(=O)c2csc(-c3ccccc3)n2)CCCC2=C[C@H](C)c3c(cc(OC)cc3OC)CN2C1=O. The number of carbonyl (C=O) groups excluding carboxylic acids is 2. The number of nitrogens with zero attached hydrogens (tertiary/aromatic N) is 4. The van der Waals surface area contributed by atoms with Gasteiger partial charge in [-0.25, -0.2) is 9.78 Å². The van der Waals surface area contributed by atoms with Gasteiger partial charge in [0.25, 0.3) is 5.91 Å². The van der Waals surface area contributed by atoms with Gasteiger partial charge >= 0.3 is 6.03 Å². The zero-order chi connectivity index (χ0) is 28.2. The summed E-state index contributed by atoms with van der Waals surface area (Å²) in [6.45, 7) is 6.59. The third-order valence-electron chi connectivity index (χ3n) is 7.64. The first-order valence-electron chi connectivity index (χ1n) is 13.8. The van der Waals surface area contributed by atoms with Gasteiger partial charge in [-0.05, 0) is 31.4 Å². The molecular formula is C31H36N4O4S. The van der Waals surface area contributed by atoms with Gasteiger partial charge in [-0.2, -0.15) is 0 Å². The van der Waals surface area contributed by atoms with Crippen LogP contribution in [0, 0.1) is 0 Å². The Kier molecular flexibility index (Phi) is 8.40. The zero-order valence-electron chi connectivity index (χ0n) is 23.6. The topological polar surface area (TPSA) is 75.2 Å². The van der Waals surface area contributed by atoms with Gasteiger partial charge in [-0.1, -0.05) is 43.3 Å². The average molecular weight is 561 g/mol. The van der Waals surface area contributed by atoms with E-state index < -0.39 is 0 Å². The van der Waals surface area contributed by atoms with Crippen molar-refractivity contribution in [3.63, 3.8) is 0 Å². The molecule has 210 valence electrons. The molecule has 3 heterocycles. The molecule has 1 atom stereocenters. The summed E-state index contributed by atoms with van der Waals surface area (Å²) in [5, 5.41) is 2.66. The first-order valence-corrected chi connectivity index (χ1v) is 14.6. The number of likely N-dealkylation sites (N-methyl/N-ethyl adjacent to an activating group) is 1. The van der Waals surface area contributed by atoms with Gasteiger partial charge in [-0.3, -0.25) is 9.69 Å². The van der Waals surface area contributed by atoms with Crippen molar-refractivity contribution in [3.8, 4) is 22.1 Å². The largest absolute Gasteiger partial charge is 0.497 e. The molecule has 3 aromatic rings. The van der Waals surface area contributed by atoms with Crippen molar-refractivity contribution in [2.75, 3.05) is 40.4 Å². The number of thiazole rings is 1. The maximum atomic E-state index is 13.9. The molecule has 0 bridgehead atoms. The van der Waals surface area contributed by atoms with Crippen LogP contribution in [0.25, 0.3) is 10.6 Å². The Bertz CT molecular complexity index is 1400. The third-order valence-corrected chi connectivity index (χ3v) is 8.54. The van der Waals surface area contributed by atoms with Gasteiger partial charge in [0.15, 0.2) is 0 Å². The van der Waals surface area contributed by atoms with E-state index in [4.69, 9.17) is 9.47 Å². The van der Waals surface area contributed by atoms with E-state index in [-0.39, 0.29) is 17.9 Å². The van der Waals surface area contributed by atoms with Gasteiger partial charge < -0.3 is 19.3 Å². The molecule has 1 aromatic heterocycles. The van der Waals surface area contributed by atoms with Crippen LogP contribution in [0.4, 0.5) is 4.79 Å². The molecule has 0 saturated carbocycles. The van der Waals surface area contributed by atoms with Crippen LogP contribution in [0.15, 0.2) is 59.6 Å². The second-order valence-electron chi connectivity index (χ2n) is 10.1. The maximum Gasteiger partial charge on any atom is 0.324 e. The maximum absolute atomic E-state index is 13.9. The predicted octanol–water partition coefficient (Wildman–Crippen LogP) is 6.01. The Balaban J connectivity index is 1.41. The Morgan fingerprint density at radius 3 is 2.62 bits per heavy atom. The molecule has 8 nitrogen and oxygen atoms in total. The van der Waals surface area contributed by atoms with Crippen molar-refractivity contribution in [3.05, 3.63) is 76.4 Å². The molecule has 5 rings (SSSR count). The minimum atomic E-state index is -0.0909. The predicted molar refractivity (Wildman–Crippen MR) is 157 cm³/mol. The highest BCUT2D eigenvalue weighted by Gasteiger charge is 2.31. The van der Waals surface area contributed by atoms with Crippen LogP contribution in [0.1, 0.15) is 54.2 Å². The minimum Gasteiger partial charge on any atom is -0.497 e. The quantitative estimate of drug-likeness (QED) is 0.382. The van der Waals surface area contributed by atoms with Crippen LogP contribution in [0.2, 0.25) is 0 Å². The van der Waals surface area contributed by atoms with E-state index in [1.165, 1.54) is 11.3 Å². The van der Waals surface area contributed by atoms with Crippen LogP contribution in [0.3, 0.4) is 0 Å². The number of hydrogen-bond acceptors (Lipinski definition) is 6. The van der Waals surface area contributed by atoms with E-state index in [0.29, 0.717) is 50.6 Å². The number of carbonyl (C=O) groups is 2. The number of amides is 3. The third kappa shape index (κ3) is 5.56. The molecule has 0 unspecified atom stereocenters. The Morgan fingerprint density at radius 2 is 1.90 bits per heavy atom. The fourth-order valence-electron chi connectivity index (χ4n) is 5.55. The number of allylic oxidation sites excluding steroid dienone is 2. The van der Waals surface area contributed by atoms with Crippen LogP contribution in [-0.2, 0) is 6.54 Å². The van der Waals surface area contributed by atoms with E-state index in [1.54, 1.807) is 14.2 Å². The van der Waals surface area contributed by atoms with E-state index in [9.17, 15) is 9.59 Å². The molecule has 1 saturated heterocycles. The van der Waals surface area contributed by atoms with Crippen LogP contribution in [0.5, 0.6) is 11.5 Å². The lowest BCUT2D eigenvalue weighted by Gasteiger charge is -2.35. The smallest absolute Gasteiger partial charge is 0.324 e. The van der Waals surface area contributed by atoms with Crippen molar-refractivity contribution in [2.24, 2.45) is 0 Å². The highest BCUT2D eigenvalue weighted by atomic mass is 32.1. The molecule has 2 aliphatic rings. The molecule has 9 heteroatoms. The van der Waals surface area contributed by atoms with Gasteiger partial charge in [0.1, 0.15) is 22.2 Å². The van der Waals surface area contributed by atoms with E-state index >= 15 is 0 Å². The number of hydrogen-bond donors (Lipinski definition) is 0. The minimum absolute atomic E-state index is 0.0471. The summed E-state index contributed by atoms with van der Waals surface area (Å²) < 4.78 is 11.3. The van der Waals surface area contributed by atoms with Crippen LogP contribution in [-0.4, -0.2) is 72.0 Å². The Labute approximate surface area is 239 Å². The highest BCUT2D eigenvalue weighted by Crippen LogP contribution is 2.40. The average Bonchev–Trinajstić information content (AvgIpc) is 3.43. The molecule has 0 radical (unpaired) electrons. The molecule has 2 aromatic carbocycles. The van der Waals surface area contributed by atoms with E-state index in [0.717, 1.165) is 39.6 Å². The number of urea groups is 1. The molecule has 0 aliphatic carbocycles. The van der Waals surface area contributed by atoms with Crippen molar-refractivity contribution in [1.82, 2.24) is 19.7 Å². The van der Waals surface area contributed by atoms with Crippen LogP contribution < -0.4 is 9.47 Å². The fourth-order valence-corrected chi connectivity index (χ4v) is 6.35. The first kappa shape index (κ1) is 27.7. The van der Waals surface area contributed by atoms with Crippen molar-refractivity contribution in [2.45, 2.75) is 39.2 Å². The second-order valence-corrected chi connectivity index (χ2v) is 11.0. The molecule has 3 amide bonds. The number of benzene rings is 2. The molecule has 1 fully saturated rings. The molecule has 40 heavy (non-hydrogen) atoms. The first-order chi connectivity index (χ1) is 19.4. The summed E-state index contributed by atoms with van der Waals surface area (Å²) in [6.07, 6.45) is 3.59. The van der Waals surface area contributed by atoms with Gasteiger partial charge in [0.05, 0.1) is 20.8 Å². The lowest BCUT2D eigenvalue weighted by atomic mass is 9.94. The summed E-state index contributed by atoms with van der Waals surface area (Å²) >= 11 is 1.48. The number of aromatic nitrogens is 1. The van der Waals surface area contributed by atoms with E-state index in [2.05, 4.69) is 18.0 Å². The second kappa shape index (κ2) is 12.1. The highest BCUT2D eigenvalue weighted by molar-refractivity contribution is 7.13. The van der Waals surface area contributed by atoms with Crippen LogP contribution >= 0.6 is 11.3 Å². The van der Waals surface area contributed by atoms with Gasteiger partial charge in [0, 0.05) is 60.4 Å². The summed E-state index contributed by atoms with van der Waals surface area (Å²) in [6, 6.07) is 13.8. The summed E-state index contributed by atoms with van der Waals surface area (Å²) in [7, 11) is 3.30. The fraction of sp³-hybridized carbons (Fsp3) is 0.387.